The quantitative estimate of drug-likeness (QED) is 0.351. The van der Waals surface area contributed by atoms with Crippen molar-refractivity contribution in [3.05, 3.63) is 45.7 Å². The largest absolute Gasteiger partial charge is 0.146 e. The van der Waals surface area contributed by atoms with E-state index in [0.29, 0.717) is 16.6 Å². The molecule has 128 valence electrons. The van der Waals surface area contributed by atoms with Gasteiger partial charge in [0.2, 0.25) is 0 Å². The molecule has 0 atom stereocenters. The second kappa shape index (κ2) is 8.04. The summed E-state index contributed by atoms with van der Waals surface area (Å²) in [6.45, 7) is 14.2. The summed E-state index contributed by atoms with van der Waals surface area (Å²) in [5, 5.41) is 0. The molecule has 0 fully saturated rings. The predicted octanol–water partition coefficient (Wildman–Crippen LogP) is 7.75. The summed E-state index contributed by atoms with van der Waals surface area (Å²) in [6.07, 6.45) is 0. The summed E-state index contributed by atoms with van der Waals surface area (Å²) in [6, 6.07) is 12.9. The topological polar surface area (TPSA) is 0 Å². The lowest BCUT2D eigenvalue weighted by atomic mass is 10.2. The molecule has 1 heterocycles. The van der Waals surface area contributed by atoms with Gasteiger partial charge in [0.05, 0.1) is 4.88 Å². The van der Waals surface area contributed by atoms with Gasteiger partial charge < -0.3 is 0 Å². The molecule has 0 aliphatic carbocycles. The van der Waals surface area contributed by atoms with Gasteiger partial charge >= 0.3 is 0 Å². The monoisotopic (exact) mass is 418 g/mol. The summed E-state index contributed by atoms with van der Waals surface area (Å²) in [5.41, 5.74) is 7.10. The molecule has 0 unspecified atom stereocenters. The van der Waals surface area contributed by atoms with Crippen molar-refractivity contribution in [2.75, 3.05) is 0 Å². The molecule has 24 heavy (non-hydrogen) atoms. The molecule has 0 radical (unpaired) electrons. The van der Waals surface area contributed by atoms with Crippen LogP contribution in [0.1, 0.15) is 46.4 Å². The highest BCUT2D eigenvalue weighted by Gasteiger charge is 2.41. The summed E-state index contributed by atoms with van der Waals surface area (Å²) >= 11 is 5.30. The highest BCUT2D eigenvalue weighted by molar-refractivity contribution is 9.10. The number of rotatable bonds is 4. The zero-order valence-electron chi connectivity index (χ0n) is 15.5. The van der Waals surface area contributed by atoms with Crippen molar-refractivity contribution in [3.8, 4) is 21.9 Å². The van der Waals surface area contributed by atoms with Crippen molar-refractivity contribution in [2.45, 2.75) is 58.2 Å². The Hall–Kier alpha value is -0.823. The number of benzene rings is 1. The first kappa shape index (κ1) is 19.5. The van der Waals surface area contributed by atoms with Crippen molar-refractivity contribution in [1.29, 1.82) is 0 Å². The third-order valence-corrected chi connectivity index (χ3v) is 12.9. The van der Waals surface area contributed by atoms with Crippen LogP contribution >= 0.6 is 27.3 Å². The summed E-state index contributed by atoms with van der Waals surface area (Å²) in [7, 11) is -1.65. The average Bonchev–Trinajstić information content (AvgIpc) is 2.96. The Bertz CT molecular complexity index is 707. The molecule has 0 aliphatic rings. The van der Waals surface area contributed by atoms with Crippen molar-refractivity contribution in [3.63, 3.8) is 0 Å². The molecule has 2 aromatic rings. The molecule has 1 aromatic carbocycles. The fourth-order valence-electron chi connectivity index (χ4n) is 3.78. The first-order valence-electron chi connectivity index (χ1n) is 8.66. The van der Waals surface area contributed by atoms with Crippen LogP contribution in [0.2, 0.25) is 16.6 Å². The third-order valence-electron chi connectivity index (χ3n) is 5.00. The Morgan fingerprint density at radius 3 is 1.88 bits per heavy atom. The normalized spacial score (nSPS) is 11.9. The minimum atomic E-state index is -1.65. The van der Waals surface area contributed by atoms with Gasteiger partial charge in [-0.3, -0.25) is 0 Å². The number of halogens is 1. The maximum absolute atomic E-state index is 3.81. The summed E-state index contributed by atoms with van der Waals surface area (Å²) in [4.78, 5) is 2.48. The van der Waals surface area contributed by atoms with Crippen LogP contribution in [0, 0.1) is 11.5 Å². The fourth-order valence-corrected chi connectivity index (χ4v) is 10.2. The summed E-state index contributed by atoms with van der Waals surface area (Å²) < 4.78 is 1.12. The van der Waals surface area contributed by atoms with E-state index < -0.39 is 8.07 Å². The lowest BCUT2D eigenvalue weighted by molar-refractivity contribution is 0.838. The Morgan fingerprint density at radius 2 is 1.38 bits per heavy atom. The van der Waals surface area contributed by atoms with Crippen LogP contribution in [-0.2, 0) is 0 Å². The first-order chi connectivity index (χ1) is 11.3. The first-order valence-corrected chi connectivity index (χ1v) is 12.5. The van der Waals surface area contributed by atoms with Crippen LogP contribution in [-0.4, -0.2) is 8.07 Å². The maximum atomic E-state index is 3.81. The zero-order valence-corrected chi connectivity index (χ0v) is 18.9. The minimum absolute atomic E-state index is 0.677. The lowest BCUT2D eigenvalue weighted by Crippen LogP contribution is -2.43. The molecule has 0 nitrogen and oxygen atoms in total. The molecule has 0 saturated carbocycles. The second-order valence-electron chi connectivity index (χ2n) is 7.32. The molecule has 0 saturated heterocycles. The van der Waals surface area contributed by atoms with Gasteiger partial charge in [-0.05, 0) is 46.5 Å². The van der Waals surface area contributed by atoms with Gasteiger partial charge in [-0.1, -0.05) is 75.5 Å². The van der Waals surface area contributed by atoms with Gasteiger partial charge in [-0.2, -0.15) is 0 Å². The van der Waals surface area contributed by atoms with E-state index in [1.54, 1.807) is 11.3 Å². The van der Waals surface area contributed by atoms with Crippen LogP contribution in [0.4, 0.5) is 0 Å². The molecule has 0 aliphatic heterocycles. The standard InChI is InChI=1S/C21H27BrSSi/c1-15(2)24(16(3)4,17(5)6)14-13-20-11-12-21(23-20)18-7-9-19(22)10-8-18/h7-12,15-17H,1-6H3. The second-order valence-corrected chi connectivity index (χ2v) is 14.9. The molecular formula is C21H27BrSSi. The van der Waals surface area contributed by atoms with E-state index in [9.17, 15) is 0 Å². The Kier molecular flexibility index (Phi) is 6.53. The Labute approximate surface area is 160 Å². The lowest BCUT2D eigenvalue weighted by Gasteiger charge is -2.38. The number of hydrogen-bond donors (Lipinski definition) is 0. The molecule has 0 amide bonds. The summed E-state index contributed by atoms with van der Waals surface area (Å²) in [5.74, 6) is 3.55. The average molecular weight is 420 g/mol. The highest BCUT2D eigenvalue weighted by atomic mass is 79.9. The fraction of sp³-hybridized carbons (Fsp3) is 0.429. The molecule has 0 bridgehead atoms. The number of hydrogen-bond acceptors (Lipinski definition) is 1. The molecule has 3 heteroatoms. The predicted molar refractivity (Wildman–Crippen MR) is 115 cm³/mol. The van der Waals surface area contributed by atoms with Crippen LogP contribution in [0.5, 0.6) is 0 Å². The molecular weight excluding hydrogens is 392 g/mol. The van der Waals surface area contributed by atoms with Crippen LogP contribution < -0.4 is 0 Å². The third kappa shape index (κ3) is 4.04. The van der Waals surface area contributed by atoms with Crippen LogP contribution in [0.3, 0.4) is 0 Å². The van der Waals surface area contributed by atoms with Gasteiger partial charge in [0.1, 0.15) is 8.07 Å². The SMILES string of the molecule is CC(C)[Si](C#Cc1ccc(-c2ccc(Br)cc2)s1)(C(C)C)C(C)C. The maximum Gasteiger partial charge on any atom is 0.146 e. The molecule has 1 aromatic heterocycles. The zero-order chi connectivity index (χ0) is 17.9. The van der Waals surface area contributed by atoms with Gasteiger partial charge in [0, 0.05) is 9.35 Å². The van der Waals surface area contributed by atoms with Gasteiger partial charge in [-0.25, -0.2) is 0 Å². The van der Waals surface area contributed by atoms with Crippen LogP contribution in [0.15, 0.2) is 40.9 Å². The van der Waals surface area contributed by atoms with E-state index in [-0.39, 0.29) is 0 Å². The molecule has 2 rings (SSSR count). The van der Waals surface area contributed by atoms with E-state index >= 15 is 0 Å². The van der Waals surface area contributed by atoms with Crippen molar-refractivity contribution in [2.24, 2.45) is 0 Å². The molecule has 0 N–H and O–H groups in total. The Morgan fingerprint density at radius 1 is 0.833 bits per heavy atom. The van der Waals surface area contributed by atoms with E-state index in [2.05, 4.69) is 105 Å². The minimum Gasteiger partial charge on any atom is -0.127 e. The van der Waals surface area contributed by atoms with Gasteiger partial charge in [0.15, 0.2) is 0 Å². The van der Waals surface area contributed by atoms with Crippen molar-refractivity contribution < 1.29 is 0 Å². The Balaban J connectivity index is 2.35. The van der Waals surface area contributed by atoms with Crippen molar-refractivity contribution in [1.82, 2.24) is 0 Å². The smallest absolute Gasteiger partial charge is 0.127 e. The van der Waals surface area contributed by atoms with E-state index in [1.807, 2.05) is 0 Å². The van der Waals surface area contributed by atoms with E-state index in [0.717, 1.165) is 4.47 Å². The highest BCUT2D eigenvalue weighted by Crippen LogP contribution is 2.41. The van der Waals surface area contributed by atoms with E-state index in [4.69, 9.17) is 0 Å². The number of thiophene rings is 1. The van der Waals surface area contributed by atoms with Gasteiger partial charge in [0.25, 0.3) is 0 Å². The van der Waals surface area contributed by atoms with Gasteiger partial charge in [-0.15, -0.1) is 16.9 Å². The van der Waals surface area contributed by atoms with E-state index in [1.165, 1.54) is 15.3 Å². The molecule has 0 spiro atoms. The van der Waals surface area contributed by atoms with Crippen LogP contribution in [0.25, 0.3) is 10.4 Å². The van der Waals surface area contributed by atoms with Crippen molar-refractivity contribution >= 4 is 35.3 Å².